The topological polar surface area (TPSA) is 17.1 Å². The van der Waals surface area contributed by atoms with Gasteiger partial charge in [0.2, 0.25) is 0 Å². The van der Waals surface area contributed by atoms with Crippen LogP contribution in [0.15, 0.2) is 30.3 Å². The SMILES string of the molecule is CCCCCCC[P+](CCCCCCC)(CCCCCCC)C(=O)c1ccccc1. The number of rotatable bonds is 20. The quantitative estimate of drug-likeness (QED) is 0.148. The first-order chi connectivity index (χ1) is 14.7. The van der Waals surface area contributed by atoms with E-state index in [4.69, 9.17) is 0 Å². The summed E-state index contributed by atoms with van der Waals surface area (Å²) in [7, 11) is -1.59. The molecule has 0 aliphatic carbocycles. The van der Waals surface area contributed by atoms with Gasteiger partial charge >= 0.3 is 0 Å². The molecular formula is C28H50OP+. The highest BCUT2D eigenvalue weighted by Gasteiger charge is 2.44. The van der Waals surface area contributed by atoms with Gasteiger partial charge in [0, 0.05) is 0 Å². The molecule has 0 unspecified atom stereocenters. The lowest BCUT2D eigenvalue weighted by Gasteiger charge is -2.26. The summed E-state index contributed by atoms with van der Waals surface area (Å²) in [5.74, 6) is 0. The van der Waals surface area contributed by atoms with Crippen LogP contribution in [0.2, 0.25) is 0 Å². The smallest absolute Gasteiger partial charge is 0.247 e. The molecule has 0 spiro atoms. The number of unbranched alkanes of at least 4 members (excludes halogenated alkanes) is 12. The third-order valence-electron chi connectivity index (χ3n) is 6.52. The largest absolute Gasteiger partial charge is 0.297 e. The average Bonchev–Trinajstić information content (AvgIpc) is 2.78. The molecule has 30 heavy (non-hydrogen) atoms. The number of benzene rings is 1. The van der Waals surface area contributed by atoms with Gasteiger partial charge in [-0.2, -0.15) is 0 Å². The Kier molecular flexibility index (Phi) is 16.4. The van der Waals surface area contributed by atoms with Gasteiger partial charge in [-0.15, -0.1) is 0 Å². The van der Waals surface area contributed by atoms with Crippen molar-refractivity contribution in [3.05, 3.63) is 35.9 Å². The Labute approximate surface area is 189 Å². The lowest BCUT2D eigenvalue weighted by atomic mass is 10.2. The number of hydrogen-bond donors (Lipinski definition) is 0. The van der Waals surface area contributed by atoms with E-state index in [0.717, 1.165) is 5.56 Å². The fraction of sp³-hybridized carbons (Fsp3) is 0.750. The minimum Gasteiger partial charge on any atom is -0.247 e. The van der Waals surface area contributed by atoms with Crippen molar-refractivity contribution in [3.8, 4) is 0 Å². The Hall–Kier alpha value is -0.680. The van der Waals surface area contributed by atoms with Crippen LogP contribution in [0.5, 0.6) is 0 Å². The van der Waals surface area contributed by atoms with Crippen LogP contribution in [0.1, 0.15) is 127 Å². The van der Waals surface area contributed by atoms with Gasteiger partial charge in [-0.3, -0.25) is 0 Å². The monoisotopic (exact) mass is 433 g/mol. The molecule has 0 aliphatic rings. The maximum atomic E-state index is 13.9. The van der Waals surface area contributed by atoms with Gasteiger partial charge in [0.1, 0.15) is 0 Å². The molecule has 0 fully saturated rings. The van der Waals surface area contributed by atoms with Crippen LogP contribution in [-0.4, -0.2) is 24.0 Å². The Bertz CT molecular complexity index is 489. The summed E-state index contributed by atoms with van der Waals surface area (Å²) in [4.78, 5) is 13.9. The number of carbonyl (C=O) groups excluding carboxylic acids is 1. The predicted molar refractivity (Wildman–Crippen MR) is 139 cm³/mol. The molecule has 1 nitrogen and oxygen atoms in total. The zero-order valence-corrected chi connectivity index (χ0v) is 21.4. The summed E-state index contributed by atoms with van der Waals surface area (Å²) in [6.45, 7) is 6.84. The summed E-state index contributed by atoms with van der Waals surface area (Å²) < 4.78 is 0. The predicted octanol–water partition coefficient (Wildman–Crippen LogP) is 9.76. The summed E-state index contributed by atoms with van der Waals surface area (Å²) in [5.41, 5.74) is 1.53. The zero-order valence-electron chi connectivity index (χ0n) is 20.5. The van der Waals surface area contributed by atoms with Gasteiger partial charge in [-0.05, 0) is 50.7 Å². The van der Waals surface area contributed by atoms with Gasteiger partial charge in [0.25, 0.3) is 5.52 Å². The Morgan fingerprint density at radius 3 is 1.30 bits per heavy atom. The van der Waals surface area contributed by atoms with Crippen molar-refractivity contribution in [2.45, 2.75) is 117 Å². The van der Waals surface area contributed by atoms with E-state index in [0.29, 0.717) is 5.52 Å². The van der Waals surface area contributed by atoms with Gasteiger partial charge in [-0.1, -0.05) is 96.8 Å². The van der Waals surface area contributed by atoms with Crippen LogP contribution < -0.4 is 0 Å². The van der Waals surface area contributed by atoms with E-state index in [1.165, 1.54) is 115 Å². The lowest BCUT2D eigenvalue weighted by Crippen LogP contribution is -2.18. The van der Waals surface area contributed by atoms with Gasteiger partial charge < -0.3 is 0 Å². The van der Waals surface area contributed by atoms with Crippen LogP contribution in [-0.2, 0) is 0 Å². The highest BCUT2D eigenvalue weighted by Crippen LogP contribution is 2.63. The summed E-state index contributed by atoms with van der Waals surface area (Å²) in [5, 5.41) is 0. The average molecular weight is 434 g/mol. The summed E-state index contributed by atoms with van der Waals surface area (Å²) in [6.07, 6.45) is 23.2. The van der Waals surface area contributed by atoms with Crippen molar-refractivity contribution in [1.82, 2.24) is 0 Å². The Morgan fingerprint density at radius 2 is 0.933 bits per heavy atom. The minimum absolute atomic E-state index is 0.546. The van der Waals surface area contributed by atoms with Crippen molar-refractivity contribution in [2.75, 3.05) is 18.5 Å². The third-order valence-corrected chi connectivity index (χ3v) is 11.2. The van der Waals surface area contributed by atoms with Gasteiger partial charge in [0.15, 0.2) is 0 Å². The van der Waals surface area contributed by atoms with Crippen LogP contribution in [0.3, 0.4) is 0 Å². The highest BCUT2D eigenvalue weighted by atomic mass is 31.2. The third kappa shape index (κ3) is 11.1. The Balaban J connectivity index is 2.88. The van der Waals surface area contributed by atoms with Crippen LogP contribution in [0.4, 0.5) is 0 Å². The minimum atomic E-state index is -1.59. The second-order valence-electron chi connectivity index (χ2n) is 9.23. The zero-order chi connectivity index (χ0) is 21.9. The molecule has 0 saturated heterocycles. The normalized spacial score (nSPS) is 11.7. The standard InChI is InChI=1S/C28H50OP/c1-4-7-10-13-19-24-30(25-20-14-11-8-5-2,26-21-15-12-9-6-3)28(29)27-22-17-16-18-23-27/h16-18,22-23H,4-15,19-21,24-26H2,1-3H3/q+1. The van der Waals surface area contributed by atoms with E-state index in [1.54, 1.807) is 0 Å². The molecule has 0 aliphatic heterocycles. The van der Waals surface area contributed by atoms with Crippen molar-refractivity contribution >= 4 is 12.8 Å². The molecule has 0 aromatic heterocycles. The van der Waals surface area contributed by atoms with Gasteiger partial charge in [-0.25, -0.2) is 4.79 Å². The molecule has 0 bridgehead atoms. The van der Waals surface area contributed by atoms with Crippen LogP contribution >= 0.6 is 7.26 Å². The van der Waals surface area contributed by atoms with E-state index in [-0.39, 0.29) is 0 Å². The van der Waals surface area contributed by atoms with Crippen LogP contribution in [0, 0.1) is 0 Å². The fourth-order valence-corrected chi connectivity index (χ4v) is 9.01. The molecule has 0 amide bonds. The molecule has 172 valence electrons. The fourth-order valence-electron chi connectivity index (χ4n) is 4.55. The molecule has 0 atom stereocenters. The second kappa shape index (κ2) is 17.9. The highest BCUT2D eigenvalue weighted by molar-refractivity contribution is 7.91. The van der Waals surface area contributed by atoms with Gasteiger partial charge in [0.05, 0.1) is 31.3 Å². The van der Waals surface area contributed by atoms with E-state index in [2.05, 4.69) is 32.9 Å². The molecule has 1 aromatic carbocycles. The molecule has 1 rings (SSSR count). The summed E-state index contributed by atoms with van der Waals surface area (Å²) in [6, 6.07) is 10.3. The first-order valence-electron chi connectivity index (χ1n) is 13.2. The Morgan fingerprint density at radius 1 is 0.567 bits per heavy atom. The molecule has 0 heterocycles. The van der Waals surface area contributed by atoms with E-state index in [1.807, 2.05) is 18.2 Å². The van der Waals surface area contributed by atoms with Crippen molar-refractivity contribution in [3.63, 3.8) is 0 Å². The molecule has 0 saturated carbocycles. The first kappa shape index (κ1) is 27.4. The summed E-state index contributed by atoms with van der Waals surface area (Å²) >= 11 is 0. The molecule has 2 heteroatoms. The molecule has 0 N–H and O–H groups in total. The molecular weight excluding hydrogens is 383 g/mol. The van der Waals surface area contributed by atoms with Crippen molar-refractivity contribution in [1.29, 1.82) is 0 Å². The van der Waals surface area contributed by atoms with Crippen molar-refractivity contribution < 1.29 is 4.79 Å². The first-order valence-corrected chi connectivity index (χ1v) is 15.5. The maximum absolute atomic E-state index is 13.9. The van der Waals surface area contributed by atoms with Crippen molar-refractivity contribution in [2.24, 2.45) is 0 Å². The number of hydrogen-bond acceptors (Lipinski definition) is 1. The molecule has 1 aromatic rings. The van der Waals surface area contributed by atoms with Crippen LogP contribution in [0.25, 0.3) is 0 Å². The maximum Gasteiger partial charge on any atom is 0.297 e. The number of carbonyl (C=O) groups is 1. The molecule has 0 radical (unpaired) electrons. The van der Waals surface area contributed by atoms with E-state index in [9.17, 15) is 4.79 Å². The second-order valence-corrected chi connectivity index (χ2v) is 13.3. The van der Waals surface area contributed by atoms with E-state index < -0.39 is 7.26 Å². The van der Waals surface area contributed by atoms with E-state index >= 15 is 0 Å². The lowest BCUT2D eigenvalue weighted by molar-refractivity contribution is 0.107.